The number of rotatable bonds is 2. The van der Waals surface area contributed by atoms with E-state index < -0.39 is 0 Å². The predicted octanol–water partition coefficient (Wildman–Crippen LogP) is 4.42. The minimum Gasteiger partial charge on any atom is -0.239 e. The maximum atomic E-state index is 5.82. The van der Waals surface area contributed by atoms with Crippen LogP contribution in [0.25, 0.3) is 10.6 Å². The fourth-order valence-corrected chi connectivity index (χ4v) is 5.00. The Bertz CT molecular complexity index is 641. The van der Waals surface area contributed by atoms with E-state index in [4.69, 9.17) is 11.6 Å². The van der Waals surface area contributed by atoms with Crippen molar-refractivity contribution in [2.75, 3.05) is 0 Å². The van der Waals surface area contributed by atoms with Gasteiger partial charge in [-0.3, -0.25) is 0 Å². The smallest absolute Gasteiger partial charge is 0.222 e. The van der Waals surface area contributed by atoms with Crippen LogP contribution in [-0.4, -0.2) is 15.0 Å². The first-order valence-corrected chi connectivity index (χ1v) is 8.48. The van der Waals surface area contributed by atoms with Crippen LogP contribution in [0.15, 0.2) is 44.2 Å². The van der Waals surface area contributed by atoms with Gasteiger partial charge < -0.3 is 0 Å². The minimum absolute atomic E-state index is 0.245. The third-order valence-corrected chi connectivity index (χ3v) is 6.29. The van der Waals surface area contributed by atoms with E-state index in [-0.39, 0.29) is 16.2 Å². The van der Waals surface area contributed by atoms with Gasteiger partial charge in [0.25, 0.3) is 0 Å². The molecule has 92 valence electrons. The minimum atomic E-state index is -0.372. The fourth-order valence-electron chi connectivity index (χ4n) is 1.47. The van der Waals surface area contributed by atoms with Crippen molar-refractivity contribution < 1.29 is 0 Å². The average molecular weight is 361 g/mol. The van der Waals surface area contributed by atoms with Crippen LogP contribution in [0.4, 0.5) is 0 Å². The topological polar surface area (TPSA) is 38.7 Å². The summed E-state index contributed by atoms with van der Waals surface area (Å²) in [5.74, 6) is 0. The summed E-state index contributed by atoms with van der Waals surface area (Å²) in [6, 6.07) is 0. The van der Waals surface area contributed by atoms with E-state index in [0.717, 1.165) is 19.4 Å². The molecule has 0 aromatic carbocycles. The van der Waals surface area contributed by atoms with E-state index in [9.17, 15) is 0 Å². The Morgan fingerprint density at radius 3 is 2.72 bits per heavy atom. The van der Waals surface area contributed by atoms with Crippen LogP contribution in [0.2, 0.25) is 5.28 Å². The molecule has 0 saturated carbocycles. The van der Waals surface area contributed by atoms with Crippen LogP contribution in [0, 0.1) is 0 Å². The molecule has 0 fully saturated rings. The molecule has 0 radical (unpaired) electrons. The third-order valence-electron chi connectivity index (χ3n) is 2.27. The molecule has 2 aromatic heterocycles. The largest absolute Gasteiger partial charge is 0.239 e. The third kappa shape index (κ3) is 2.38. The van der Waals surface area contributed by atoms with Gasteiger partial charge in [-0.25, -0.2) is 15.0 Å². The molecule has 7 heteroatoms. The lowest BCUT2D eigenvalue weighted by atomic mass is 10.4. The van der Waals surface area contributed by atoms with E-state index in [1.807, 2.05) is 6.20 Å². The molecule has 1 aliphatic rings. The van der Waals surface area contributed by atoms with Crippen LogP contribution < -0.4 is 0 Å². The zero-order valence-corrected chi connectivity index (χ0v) is 13.0. The van der Waals surface area contributed by atoms with Crippen molar-refractivity contribution in [2.45, 2.75) is 4.34 Å². The van der Waals surface area contributed by atoms with Crippen LogP contribution in [0.5, 0.6) is 0 Å². The lowest BCUT2D eigenvalue weighted by Crippen LogP contribution is -1.86. The summed E-state index contributed by atoms with van der Waals surface area (Å²) in [5, 5.41) is 4.61. The number of allylic oxidation sites excluding steroid dienone is 2. The lowest BCUT2D eigenvalue weighted by molar-refractivity contribution is 1.16. The Morgan fingerprint density at radius 1 is 1.17 bits per heavy atom. The zero-order chi connectivity index (χ0) is 12.5. The van der Waals surface area contributed by atoms with E-state index in [1.54, 1.807) is 17.5 Å². The molecule has 0 atom stereocenters. The number of thiol groups is 1. The number of nitrogens with zero attached hydrogens (tertiary/aromatic N) is 3. The van der Waals surface area contributed by atoms with Gasteiger partial charge in [0.15, 0.2) is 0 Å². The highest BCUT2D eigenvalue weighted by Gasteiger charge is 2.13. The van der Waals surface area contributed by atoms with Gasteiger partial charge in [0.2, 0.25) is 5.28 Å². The fraction of sp³-hybridized carbons (Fsp3) is 0. The Morgan fingerprint density at radius 2 is 1.94 bits per heavy atom. The molecule has 3 nitrogen and oxygen atoms in total. The number of halogens is 2. The summed E-state index contributed by atoms with van der Waals surface area (Å²) in [5.41, 5.74) is 0.793. The summed E-state index contributed by atoms with van der Waals surface area (Å²) in [7, 11) is -0.372. The highest BCUT2D eigenvalue weighted by atomic mass is 79.9. The van der Waals surface area contributed by atoms with Gasteiger partial charge in [-0.15, -0.1) is 11.3 Å². The van der Waals surface area contributed by atoms with Crippen molar-refractivity contribution in [3.05, 3.63) is 45.1 Å². The molecule has 0 unspecified atom stereocenters. The van der Waals surface area contributed by atoms with Gasteiger partial charge in [0.1, 0.15) is 10.0 Å². The molecular formula is C11H7BrClN3S2. The molecule has 0 aliphatic carbocycles. The summed E-state index contributed by atoms with van der Waals surface area (Å²) >= 11 is 10.9. The summed E-state index contributed by atoms with van der Waals surface area (Å²) < 4.78 is 1.94. The molecule has 0 saturated heterocycles. The number of hydrogen-bond acceptors (Lipinski definition) is 4. The molecule has 0 bridgehead atoms. The molecule has 0 N–H and O–H groups in total. The number of thiazole rings is 1. The van der Waals surface area contributed by atoms with Gasteiger partial charge in [0.05, 0.1) is 9.35 Å². The van der Waals surface area contributed by atoms with E-state index >= 15 is 0 Å². The molecule has 0 amide bonds. The van der Waals surface area contributed by atoms with Crippen LogP contribution in [0.3, 0.4) is 0 Å². The van der Waals surface area contributed by atoms with Crippen molar-refractivity contribution in [2.24, 2.45) is 0 Å². The quantitative estimate of drug-likeness (QED) is 0.636. The molecule has 2 aromatic rings. The van der Waals surface area contributed by atoms with Crippen molar-refractivity contribution in [1.29, 1.82) is 0 Å². The van der Waals surface area contributed by atoms with Crippen LogP contribution >= 0.6 is 49.8 Å². The van der Waals surface area contributed by atoms with Crippen molar-refractivity contribution in [1.82, 2.24) is 15.0 Å². The second kappa shape index (κ2) is 5.13. The Balaban J connectivity index is 2.00. The zero-order valence-electron chi connectivity index (χ0n) is 8.92. The van der Waals surface area contributed by atoms with Crippen LogP contribution in [0.1, 0.15) is 0 Å². The maximum Gasteiger partial charge on any atom is 0.222 e. The van der Waals surface area contributed by atoms with Gasteiger partial charge in [-0.2, -0.15) is 10.9 Å². The number of hydrogen-bond donors (Lipinski definition) is 1. The van der Waals surface area contributed by atoms with E-state index in [0.29, 0.717) is 0 Å². The van der Waals surface area contributed by atoms with Crippen molar-refractivity contribution in [3.63, 3.8) is 0 Å². The first-order valence-electron chi connectivity index (χ1n) is 5.01. The molecular weight excluding hydrogens is 354 g/mol. The highest BCUT2D eigenvalue weighted by Crippen LogP contribution is 2.46. The second-order valence-electron chi connectivity index (χ2n) is 3.43. The normalized spacial score (nSPS) is 15.6. The summed E-state index contributed by atoms with van der Waals surface area (Å²) in [6.07, 6.45) is 7.62. The van der Waals surface area contributed by atoms with Crippen molar-refractivity contribution in [3.8, 4) is 10.6 Å². The first-order chi connectivity index (χ1) is 8.74. The molecule has 1 aliphatic heterocycles. The number of aromatic nitrogens is 3. The second-order valence-corrected chi connectivity index (χ2v) is 7.79. The first kappa shape index (κ1) is 12.3. The van der Waals surface area contributed by atoms with Crippen LogP contribution in [-0.2, 0) is 0 Å². The van der Waals surface area contributed by atoms with Gasteiger partial charge in [0, 0.05) is 12.4 Å². The van der Waals surface area contributed by atoms with Crippen molar-refractivity contribution >= 4 is 49.8 Å². The predicted molar refractivity (Wildman–Crippen MR) is 81.4 cm³/mol. The molecule has 0 spiro atoms. The van der Waals surface area contributed by atoms with Gasteiger partial charge in [-0.1, -0.05) is 12.2 Å². The van der Waals surface area contributed by atoms with E-state index in [1.165, 1.54) is 0 Å². The molecule has 3 rings (SSSR count). The summed E-state index contributed by atoms with van der Waals surface area (Å²) in [6.45, 7) is 0. The Hall–Kier alpha value is -0.690. The van der Waals surface area contributed by atoms with Gasteiger partial charge >= 0.3 is 0 Å². The highest BCUT2D eigenvalue weighted by molar-refractivity contribution is 9.10. The molecule has 3 heterocycles. The SMILES string of the molecule is Clc1ncc(Br)c(-c2cnc([SH]3C=CC=C3)s2)n1. The standard InChI is InChI=1S/C11H7BrClN3S2/c12-7-5-14-10(13)16-9(7)8-6-15-11(17-8)18-3-1-2-4-18/h1-6,18H. The monoisotopic (exact) mass is 359 g/mol. The Kier molecular flexibility index (Phi) is 3.52. The maximum absolute atomic E-state index is 5.82. The van der Waals surface area contributed by atoms with E-state index in [2.05, 4.69) is 53.9 Å². The molecule has 18 heavy (non-hydrogen) atoms. The van der Waals surface area contributed by atoms with Gasteiger partial charge in [-0.05, 0) is 38.3 Å². The summed E-state index contributed by atoms with van der Waals surface area (Å²) in [4.78, 5) is 13.6. The Labute approximate surface area is 124 Å². The average Bonchev–Trinajstić information content (AvgIpc) is 3.00. The lowest BCUT2D eigenvalue weighted by Gasteiger charge is -2.03.